The Hall–Kier alpha value is 1.01. The van der Waals surface area contributed by atoms with Crippen molar-refractivity contribution < 1.29 is 9.84 Å². The summed E-state index contributed by atoms with van der Waals surface area (Å²) >= 11 is 2.15. The first kappa shape index (κ1) is 13.1. The van der Waals surface area contributed by atoms with Gasteiger partial charge in [0, 0.05) is 6.00 Å². The molecule has 14 heavy (non-hydrogen) atoms. The van der Waals surface area contributed by atoms with Crippen molar-refractivity contribution in [3.05, 3.63) is 0 Å². The summed E-state index contributed by atoms with van der Waals surface area (Å²) in [5.74, 6) is 0. The first-order chi connectivity index (χ1) is 6.31. The van der Waals surface area contributed by atoms with Gasteiger partial charge in [-0.3, -0.25) is 0 Å². The molecule has 0 aliphatic carbocycles. The Kier molecular flexibility index (Phi) is 4.58. The van der Waals surface area contributed by atoms with E-state index < -0.39 is 13.0 Å². The Bertz CT molecular complexity index is 243. The monoisotopic (exact) mass is 326 g/mol. The van der Waals surface area contributed by atoms with Gasteiger partial charge >= 0.3 is 0 Å². The summed E-state index contributed by atoms with van der Waals surface area (Å²) < 4.78 is 5.51. The SMILES string of the molecule is [B][C@@H]1O[C@H](CCP(=C)(C)C)[C@@H](O)[C@H]1I. The van der Waals surface area contributed by atoms with Crippen LogP contribution in [0, 0.1) is 0 Å². The highest BCUT2D eigenvalue weighted by Crippen LogP contribution is 2.38. The fourth-order valence-electron chi connectivity index (χ4n) is 1.47. The highest BCUT2D eigenvalue weighted by Gasteiger charge is 2.38. The number of hydrogen-bond donors (Lipinski definition) is 1. The van der Waals surface area contributed by atoms with Gasteiger partial charge in [-0.15, -0.1) is 13.2 Å². The summed E-state index contributed by atoms with van der Waals surface area (Å²) in [6, 6.07) is -0.318. The van der Waals surface area contributed by atoms with E-state index in [0.717, 1.165) is 12.6 Å². The van der Waals surface area contributed by atoms with Crippen LogP contribution < -0.4 is 0 Å². The smallest absolute Gasteiger partial charge is 0.110 e. The van der Waals surface area contributed by atoms with Crippen molar-refractivity contribution >= 4 is 43.6 Å². The molecule has 0 unspecified atom stereocenters. The summed E-state index contributed by atoms with van der Waals surface area (Å²) in [5.41, 5.74) is 0. The van der Waals surface area contributed by atoms with Crippen LogP contribution >= 0.6 is 29.5 Å². The van der Waals surface area contributed by atoms with Crippen LogP contribution in [0.5, 0.6) is 0 Å². The maximum absolute atomic E-state index is 9.80. The molecular weight excluding hydrogens is 309 g/mol. The molecular formula is C9H17BIO2P. The summed E-state index contributed by atoms with van der Waals surface area (Å²) in [6.45, 7) is 3.36. The number of rotatable bonds is 3. The number of halogens is 1. The molecule has 0 aromatic heterocycles. The Balaban J connectivity index is 2.44. The third kappa shape index (κ3) is 3.55. The fraction of sp³-hybridized carbons (Fsp3) is 0.889. The lowest BCUT2D eigenvalue weighted by atomic mass is 9.96. The van der Waals surface area contributed by atoms with Gasteiger partial charge in [0.2, 0.25) is 0 Å². The molecule has 0 aromatic carbocycles. The fourth-order valence-corrected chi connectivity index (χ4v) is 3.06. The summed E-state index contributed by atoms with van der Waals surface area (Å²) in [5, 5.41) is 9.80. The van der Waals surface area contributed by atoms with Gasteiger partial charge in [0.15, 0.2) is 0 Å². The maximum atomic E-state index is 9.80. The van der Waals surface area contributed by atoms with Crippen LogP contribution in [0.1, 0.15) is 6.42 Å². The number of ether oxygens (including phenoxy) is 1. The van der Waals surface area contributed by atoms with Crippen LogP contribution in [-0.4, -0.2) is 60.9 Å². The Morgan fingerprint density at radius 3 is 2.50 bits per heavy atom. The van der Waals surface area contributed by atoms with E-state index in [1.165, 1.54) is 0 Å². The largest absolute Gasteiger partial charge is 0.389 e. The van der Waals surface area contributed by atoms with Crippen LogP contribution in [0.25, 0.3) is 0 Å². The molecule has 0 amide bonds. The van der Waals surface area contributed by atoms with E-state index in [2.05, 4.69) is 42.2 Å². The van der Waals surface area contributed by atoms with E-state index in [0.29, 0.717) is 0 Å². The normalized spacial score (nSPS) is 38.9. The number of aliphatic hydroxyl groups is 1. The van der Waals surface area contributed by atoms with Crippen LogP contribution in [0.15, 0.2) is 0 Å². The van der Waals surface area contributed by atoms with Crippen LogP contribution in [0.3, 0.4) is 0 Å². The lowest BCUT2D eigenvalue weighted by molar-refractivity contribution is 0.0313. The van der Waals surface area contributed by atoms with Crippen molar-refractivity contribution in [1.82, 2.24) is 0 Å². The molecule has 0 saturated carbocycles. The topological polar surface area (TPSA) is 29.5 Å². The van der Waals surface area contributed by atoms with Gasteiger partial charge in [-0.05, 0) is 25.9 Å². The summed E-state index contributed by atoms with van der Waals surface area (Å²) in [4.78, 5) is 0. The minimum atomic E-state index is -1.02. The Morgan fingerprint density at radius 1 is 1.57 bits per heavy atom. The highest BCUT2D eigenvalue weighted by molar-refractivity contribution is 14.1. The maximum Gasteiger partial charge on any atom is 0.110 e. The average Bonchev–Trinajstić information content (AvgIpc) is 2.28. The highest BCUT2D eigenvalue weighted by atomic mass is 127. The van der Waals surface area contributed by atoms with Crippen molar-refractivity contribution in [1.29, 1.82) is 0 Å². The summed E-state index contributed by atoms with van der Waals surface area (Å²) in [7, 11) is 5.70. The lowest BCUT2D eigenvalue weighted by Gasteiger charge is -2.18. The number of hydrogen-bond acceptors (Lipinski definition) is 2. The molecule has 2 nitrogen and oxygen atoms in total. The molecule has 0 bridgehead atoms. The van der Waals surface area contributed by atoms with E-state index in [1.54, 1.807) is 0 Å². The van der Waals surface area contributed by atoms with E-state index in [-0.39, 0.29) is 16.0 Å². The third-order valence-corrected chi connectivity index (χ3v) is 5.29. The van der Waals surface area contributed by atoms with Crippen molar-refractivity contribution in [2.45, 2.75) is 28.6 Å². The average molecular weight is 326 g/mol. The van der Waals surface area contributed by atoms with Crippen LogP contribution in [0.2, 0.25) is 0 Å². The lowest BCUT2D eigenvalue weighted by Crippen LogP contribution is -2.28. The quantitative estimate of drug-likeness (QED) is 0.365. The zero-order chi connectivity index (χ0) is 10.9. The first-order valence-electron chi connectivity index (χ1n) is 4.72. The molecule has 1 aliphatic heterocycles. The third-order valence-electron chi connectivity index (χ3n) is 2.37. The molecule has 1 N–H and O–H groups in total. The van der Waals surface area contributed by atoms with E-state index in [1.807, 2.05) is 0 Å². The molecule has 0 spiro atoms. The van der Waals surface area contributed by atoms with Gasteiger partial charge in [-0.25, -0.2) is 0 Å². The van der Waals surface area contributed by atoms with E-state index >= 15 is 0 Å². The van der Waals surface area contributed by atoms with Crippen molar-refractivity contribution in [3.63, 3.8) is 0 Å². The molecule has 1 heterocycles. The van der Waals surface area contributed by atoms with Gasteiger partial charge in [-0.2, -0.15) is 0 Å². The second-order valence-corrected chi connectivity index (χ2v) is 10.3. The zero-order valence-electron chi connectivity index (χ0n) is 8.69. The van der Waals surface area contributed by atoms with Gasteiger partial charge in [0.1, 0.15) is 7.85 Å². The van der Waals surface area contributed by atoms with Gasteiger partial charge in [0.05, 0.1) is 16.1 Å². The number of alkyl halides is 1. The molecule has 5 heteroatoms. The predicted octanol–water partition coefficient (Wildman–Crippen LogP) is 1.14. The van der Waals surface area contributed by atoms with Crippen molar-refractivity contribution in [2.24, 2.45) is 0 Å². The predicted molar refractivity (Wildman–Crippen MR) is 73.6 cm³/mol. The molecule has 1 rings (SSSR count). The molecule has 1 fully saturated rings. The second kappa shape index (κ2) is 4.90. The van der Waals surface area contributed by atoms with Crippen molar-refractivity contribution in [2.75, 3.05) is 19.5 Å². The van der Waals surface area contributed by atoms with E-state index in [4.69, 9.17) is 12.6 Å². The van der Waals surface area contributed by atoms with Crippen LogP contribution in [0.4, 0.5) is 0 Å². The minimum Gasteiger partial charge on any atom is -0.389 e. The van der Waals surface area contributed by atoms with E-state index in [9.17, 15) is 5.11 Å². The van der Waals surface area contributed by atoms with Gasteiger partial charge in [0.25, 0.3) is 0 Å². The molecule has 1 saturated heterocycles. The molecule has 2 radical (unpaired) electrons. The van der Waals surface area contributed by atoms with Gasteiger partial charge in [-0.1, -0.05) is 22.6 Å². The molecule has 80 valence electrons. The first-order valence-corrected chi connectivity index (χ1v) is 9.02. The Labute approximate surface area is 101 Å². The molecule has 4 atom stereocenters. The molecule has 0 aromatic rings. The standard InChI is InChI=1S/C9H17BIO2P/c1-14(2,3)5-4-6-8(12)7(11)9(10)13-6/h6-9,12H,1,4-5H2,2-3H3/t6-,7-,8-,9-/m1/s1. The summed E-state index contributed by atoms with van der Waals surface area (Å²) in [6.07, 6.45) is 5.55. The zero-order valence-corrected chi connectivity index (χ0v) is 11.7. The second-order valence-electron chi connectivity index (χ2n) is 4.52. The van der Waals surface area contributed by atoms with Crippen LogP contribution in [-0.2, 0) is 4.74 Å². The Morgan fingerprint density at radius 2 is 2.14 bits per heavy atom. The number of aliphatic hydroxyl groups excluding tert-OH is 1. The minimum absolute atomic E-state index is 0.0175. The van der Waals surface area contributed by atoms with Gasteiger partial charge < -0.3 is 9.84 Å². The molecule has 1 aliphatic rings. The van der Waals surface area contributed by atoms with Crippen molar-refractivity contribution in [3.8, 4) is 0 Å².